The molecule has 2 amide bonds. The molecule has 2 fully saturated rings. The van der Waals surface area contributed by atoms with Crippen LogP contribution in [-0.2, 0) is 16.1 Å². The SMILES string of the molecule is CCN1C(=O)C[C@H](C(=O)N2CCN(CC(F)F)CC2)[C@H]1c1nccn1CC. The molecule has 2 aliphatic rings. The fourth-order valence-electron chi connectivity index (χ4n) is 4.14. The number of nitrogens with zero attached hydrogens (tertiary/aromatic N) is 5. The fourth-order valence-corrected chi connectivity index (χ4v) is 4.14. The standard InChI is InChI=1S/C18H27F2N5O2/c1-3-23-6-5-21-17(23)16-13(11-15(26)25(16)4-2)18(27)24-9-7-22(8-10-24)12-14(19)20/h5-6,13-14,16H,3-4,7-12H2,1-2H3/t13-,16-/m0/s1. The second kappa shape index (κ2) is 8.33. The summed E-state index contributed by atoms with van der Waals surface area (Å²) in [7, 11) is 0. The first-order valence-electron chi connectivity index (χ1n) is 9.56. The van der Waals surface area contributed by atoms with Crippen LogP contribution in [0.5, 0.6) is 0 Å². The number of amides is 2. The fraction of sp³-hybridized carbons (Fsp3) is 0.722. The molecule has 0 unspecified atom stereocenters. The molecular formula is C18H27F2N5O2. The second-order valence-electron chi connectivity index (χ2n) is 7.02. The van der Waals surface area contributed by atoms with Gasteiger partial charge in [-0.15, -0.1) is 0 Å². The number of halogens is 2. The lowest BCUT2D eigenvalue weighted by Gasteiger charge is -2.37. The van der Waals surface area contributed by atoms with E-state index in [9.17, 15) is 18.4 Å². The highest BCUT2D eigenvalue weighted by Gasteiger charge is 2.47. The molecule has 1 aromatic heterocycles. The maximum absolute atomic E-state index is 13.2. The van der Waals surface area contributed by atoms with E-state index in [0.717, 1.165) is 5.82 Å². The van der Waals surface area contributed by atoms with Crippen LogP contribution in [-0.4, -0.2) is 81.8 Å². The van der Waals surface area contributed by atoms with Gasteiger partial charge >= 0.3 is 0 Å². The quantitative estimate of drug-likeness (QED) is 0.741. The number of alkyl halides is 2. The van der Waals surface area contributed by atoms with E-state index in [1.54, 1.807) is 20.9 Å². The number of hydrogen-bond donors (Lipinski definition) is 0. The smallest absolute Gasteiger partial charge is 0.251 e. The molecule has 1 aromatic rings. The number of piperazine rings is 1. The highest BCUT2D eigenvalue weighted by molar-refractivity contribution is 5.90. The van der Waals surface area contributed by atoms with Crippen LogP contribution < -0.4 is 0 Å². The number of carbonyl (C=O) groups is 2. The Bertz CT molecular complexity index is 672. The predicted molar refractivity (Wildman–Crippen MR) is 95.2 cm³/mol. The molecule has 0 N–H and O–H groups in total. The summed E-state index contributed by atoms with van der Waals surface area (Å²) >= 11 is 0. The van der Waals surface area contributed by atoms with E-state index in [2.05, 4.69) is 4.98 Å². The van der Waals surface area contributed by atoms with Crippen molar-refractivity contribution in [1.29, 1.82) is 0 Å². The number of aromatic nitrogens is 2. The molecule has 2 aliphatic heterocycles. The average Bonchev–Trinajstić information content (AvgIpc) is 3.24. The van der Waals surface area contributed by atoms with Crippen molar-refractivity contribution < 1.29 is 18.4 Å². The Balaban J connectivity index is 1.76. The van der Waals surface area contributed by atoms with Crippen molar-refractivity contribution >= 4 is 11.8 Å². The zero-order valence-corrected chi connectivity index (χ0v) is 15.9. The predicted octanol–water partition coefficient (Wildman–Crippen LogP) is 1.22. The van der Waals surface area contributed by atoms with Crippen LogP contribution in [0, 0.1) is 5.92 Å². The Labute approximate surface area is 157 Å². The van der Waals surface area contributed by atoms with Gasteiger partial charge in [0.2, 0.25) is 11.8 Å². The van der Waals surface area contributed by atoms with Gasteiger partial charge in [-0.3, -0.25) is 14.5 Å². The molecule has 0 aliphatic carbocycles. The molecule has 3 heterocycles. The molecular weight excluding hydrogens is 356 g/mol. The third kappa shape index (κ3) is 3.97. The van der Waals surface area contributed by atoms with Gasteiger partial charge in [0.25, 0.3) is 6.43 Å². The lowest BCUT2D eigenvalue weighted by atomic mass is 9.97. The first-order valence-corrected chi connectivity index (χ1v) is 9.56. The lowest BCUT2D eigenvalue weighted by molar-refractivity contribution is -0.138. The van der Waals surface area contributed by atoms with Crippen molar-refractivity contribution in [1.82, 2.24) is 24.3 Å². The summed E-state index contributed by atoms with van der Waals surface area (Å²) in [6.07, 6.45) is 1.36. The van der Waals surface area contributed by atoms with Crippen molar-refractivity contribution in [2.75, 3.05) is 39.3 Å². The van der Waals surface area contributed by atoms with Gasteiger partial charge in [-0.2, -0.15) is 0 Å². The Kier molecular flexibility index (Phi) is 6.08. The van der Waals surface area contributed by atoms with Crippen molar-refractivity contribution in [3.05, 3.63) is 18.2 Å². The van der Waals surface area contributed by atoms with Gasteiger partial charge in [-0.1, -0.05) is 0 Å². The minimum absolute atomic E-state index is 0.0390. The molecule has 9 heteroatoms. The molecule has 0 radical (unpaired) electrons. The summed E-state index contributed by atoms with van der Waals surface area (Å²) in [4.78, 5) is 35.2. The molecule has 150 valence electrons. The van der Waals surface area contributed by atoms with E-state index < -0.39 is 12.3 Å². The van der Waals surface area contributed by atoms with E-state index in [1.165, 1.54) is 0 Å². The van der Waals surface area contributed by atoms with Gasteiger partial charge in [0, 0.05) is 58.1 Å². The number of carbonyl (C=O) groups excluding carboxylic acids is 2. The zero-order chi connectivity index (χ0) is 19.6. The Morgan fingerprint density at radius 3 is 2.52 bits per heavy atom. The third-order valence-electron chi connectivity index (χ3n) is 5.52. The normalized spacial score (nSPS) is 24.3. The number of imidazole rings is 1. The van der Waals surface area contributed by atoms with Crippen molar-refractivity contribution in [3.63, 3.8) is 0 Å². The van der Waals surface area contributed by atoms with Crippen LogP contribution in [0.4, 0.5) is 8.78 Å². The first-order chi connectivity index (χ1) is 13.0. The first kappa shape index (κ1) is 19.7. The molecule has 27 heavy (non-hydrogen) atoms. The molecule has 2 saturated heterocycles. The number of aryl methyl sites for hydroxylation is 1. The van der Waals surface area contributed by atoms with E-state index in [-0.39, 0.29) is 30.8 Å². The minimum Gasteiger partial charge on any atom is -0.340 e. The van der Waals surface area contributed by atoms with Gasteiger partial charge in [-0.25, -0.2) is 13.8 Å². The van der Waals surface area contributed by atoms with Crippen molar-refractivity contribution in [2.24, 2.45) is 5.92 Å². The summed E-state index contributed by atoms with van der Waals surface area (Å²) in [6.45, 7) is 6.57. The maximum atomic E-state index is 13.2. The Morgan fingerprint density at radius 2 is 1.93 bits per heavy atom. The van der Waals surface area contributed by atoms with E-state index >= 15 is 0 Å². The summed E-state index contributed by atoms with van der Waals surface area (Å²) in [5.74, 6) is 0.140. The summed E-state index contributed by atoms with van der Waals surface area (Å²) in [6, 6.07) is -0.371. The Hall–Kier alpha value is -2.03. The summed E-state index contributed by atoms with van der Waals surface area (Å²) in [5, 5.41) is 0. The van der Waals surface area contributed by atoms with Gasteiger partial charge in [0.1, 0.15) is 11.9 Å². The Morgan fingerprint density at radius 1 is 1.22 bits per heavy atom. The number of hydrogen-bond acceptors (Lipinski definition) is 4. The van der Waals surface area contributed by atoms with E-state index in [0.29, 0.717) is 39.3 Å². The third-order valence-corrected chi connectivity index (χ3v) is 5.52. The molecule has 7 nitrogen and oxygen atoms in total. The number of rotatable bonds is 6. The van der Waals surface area contributed by atoms with Gasteiger partial charge in [0.15, 0.2) is 0 Å². The average molecular weight is 383 g/mol. The van der Waals surface area contributed by atoms with Gasteiger partial charge < -0.3 is 14.4 Å². The molecule has 2 atom stereocenters. The van der Waals surface area contributed by atoms with Crippen LogP contribution >= 0.6 is 0 Å². The topological polar surface area (TPSA) is 61.7 Å². The summed E-state index contributed by atoms with van der Waals surface area (Å²) < 4.78 is 27.1. The molecule has 0 bridgehead atoms. The van der Waals surface area contributed by atoms with Crippen molar-refractivity contribution in [2.45, 2.75) is 39.3 Å². The molecule has 3 rings (SSSR count). The van der Waals surface area contributed by atoms with Gasteiger partial charge in [-0.05, 0) is 13.8 Å². The van der Waals surface area contributed by atoms with Gasteiger partial charge in [0.05, 0.1) is 12.5 Å². The highest BCUT2D eigenvalue weighted by atomic mass is 19.3. The lowest BCUT2D eigenvalue weighted by Crippen LogP contribution is -2.51. The monoisotopic (exact) mass is 383 g/mol. The van der Waals surface area contributed by atoms with Crippen molar-refractivity contribution in [3.8, 4) is 0 Å². The molecule has 0 saturated carbocycles. The van der Waals surface area contributed by atoms with Crippen LogP contribution in [0.2, 0.25) is 0 Å². The zero-order valence-electron chi connectivity index (χ0n) is 15.9. The highest BCUT2D eigenvalue weighted by Crippen LogP contribution is 2.38. The van der Waals surface area contributed by atoms with Crippen LogP contribution in [0.25, 0.3) is 0 Å². The minimum atomic E-state index is -2.37. The maximum Gasteiger partial charge on any atom is 0.251 e. The second-order valence-corrected chi connectivity index (χ2v) is 7.02. The molecule has 0 spiro atoms. The van der Waals surface area contributed by atoms with E-state index in [1.807, 2.05) is 24.6 Å². The van der Waals surface area contributed by atoms with Crippen LogP contribution in [0.15, 0.2) is 12.4 Å². The largest absolute Gasteiger partial charge is 0.340 e. The molecule has 0 aromatic carbocycles. The van der Waals surface area contributed by atoms with E-state index in [4.69, 9.17) is 0 Å². The van der Waals surface area contributed by atoms with Crippen LogP contribution in [0.3, 0.4) is 0 Å². The summed E-state index contributed by atoms with van der Waals surface area (Å²) in [5.41, 5.74) is 0. The van der Waals surface area contributed by atoms with Crippen LogP contribution in [0.1, 0.15) is 32.1 Å². The number of likely N-dealkylation sites (tertiary alicyclic amines) is 1.